The molecule has 9 heteroatoms. The van der Waals surface area contributed by atoms with Gasteiger partial charge < -0.3 is 14.2 Å². The number of aromatic nitrogens is 1. The molecule has 1 fully saturated rings. The van der Waals surface area contributed by atoms with E-state index in [1.807, 2.05) is 12.1 Å². The molecule has 0 bridgehead atoms. The number of nitrogens with zero attached hydrogens (tertiary/aromatic N) is 2. The molecule has 1 aliphatic rings. The highest BCUT2D eigenvalue weighted by Gasteiger charge is 2.23. The number of aryl methyl sites for hydroxylation is 1. The molecule has 4 aromatic rings. The molecule has 5 rings (SSSR count). The Labute approximate surface area is 193 Å². The van der Waals surface area contributed by atoms with Crippen molar-refractivity contribution in [1.29, 1.82) is 0 Å². The zero-order valence-corrected chi connectivity index (χ0v) is 18.6. The minimum Gasteiger partial charge on any atom is -0.451 e. The van der Waals surface area contributed by atoms with Crippen molar-refractivity contribution in [2.45, 2.75) is 32.4 Å². The van der Waals surface area contributed by atoms with E-state index in [1.54, 1.807) is 6.92 Å². The molecule has 7 nitrogen and oxygen atoms in total. The molecular formula is C24H21ClFN3O4. The van der Waals surface area contributed by atoms with Crippen LogP contribution in [-0.2, 0) is 6.54 Å². The topological polar surface area (TPSA) is 88.6 Å². The van der Waals surface area contributed by atoms with Crippen LogP contribution in [0.2, 0.25) is 5.02 Å². The highest BCUT2D eigenvalue weighted by molar-refractivity contribution is 6.32. The first kappa shape index (κ1) is 21.6. The van der Waals surface area contributed by atoms with Crippen molar-refractivity contribution in [1.82, 2.24) is 15.2 Å². The molecule has 170 valence electrons. The molecule has 1 saturated heterocycles. The lowest BCUT2D eigenvalue weighted by Gasteiger charge is -2.32. The number of nitrogens with one attached hydrogen (secondary N) is 1. The van der Waals surface area contributed by atoms with E-state index in [2.05, 4.69) is 15.2 Å². The van der Waals surface area contributed by atoms with Crippen molar-refractivity contribution >= 4 is 39.6 Å². The summed E-state index contributed by atoms with van der Waals surface area (Å²) in [5.74, 6) is -0.538. The zero-order chi connectivity index (χ0) is 23.1. The van der Waals surface area contributed by atoms with Crippen molar-refractivity contribution in [3.8, 4) is 0 Å². The van der Waals surface area contributed by atoms with E-state index in [9.17, 15) is 14.0 Å². The van der Waals surface area contributed by atoms with Gasteiger partial charge in [-0.15, -0.1) is 0 Å². The van der Waals surface area contributed by atoms with Crippen LogP contribution in [0.4, 0.5) is 4.39 Å². The van der Waals surface area contributed by atoms with Gasteiger partial charge in [-0.3, -0.25) is 14.5 Å². The Morgan fingerprint density at radius 1 is 1.18 bits per heavy atom. The maximum Gasteiger partial charge on any atom is 0.287 e. The summed E-state index contributed by atoms with van der Waals surface area (Å²) >= 11 is 6.44. The number of piperidine rings is 1. The van der Waals surface area contributed by atoms with Gasteiger partial charge in [0.15, 0.2) is 22.7 Å². The second kappa shape index (κ2) is 8.61. The van der Waals surface area contributed by atoms with Crippen LogP contribution in [0, 0.1) is 12.7 Å². The molecule has 0 atom stereocenters. The van der Waals surface area contributed by atoms with Gasteiger partial charge in [-0.25, -0.2) is 9.37 Å². The van der Waals surface area contributed by atoms with E-state index >= 15 is 0 Å². The minimum absolute atomic E-state index is 0.0540. The predicted molar refractivity (Wildman–Crippen MR) is 122 cm³/mol. The molecular weight excluding hydrogens is 449 g/mol. The lowest BCUT2D eigenvalue weighted by Crippen LogP contribution is -2.44. The van der Waals surface area contributed by atoms with E-state index in [0.29, 0.717) is 23.0 Å². The molecule has 0 spiro atoms. The zero-order valence-electron chi connectivity index (χ0n) is 17.9. The van der Waals surface area contributed by atoms with E-state index in [0.717, 1.165) is 49.1 Å². The fourth-order valence-electron chi connectivity index (χ4n) is 4.20. The highest BCUT2D eigenvalue weighted by atomic mass is 35.5. The molecule has 3 heterocycles. The second-order valence-electron chi connectivity index (χ2n) is 8.28. The molecule has 0 aliphatic carbocycles. The number of oxazole rings is 1. The molecule has 1 amide bonds. The number of fused-ring (bicyclic) bond motifs is 2. The van der Waals surface area contributed by atoms with Crippen LogP contribution in [0.3, 0.4) is 0 Å². The summed E-state index contributed by atoms with van der Waals surface area (Å²) in [6.45, 7) is 4.00. The fraction of sp³-hybridized carbons (Fsp3) is 0.292. The predicted octanol–water partition coefficient (Wildman–Crippen LogP) is 4.43. The Kier molecular flexibility index (Phi) is 5.64. The van der Waals surface area contributed by atoms with Crippen LogP contribution in [0.1, 0.15) is 34.9 Å². The molecule has 33 heavy (non-hydrogen) atoms. The van der Waals surface area contributed by atoms with Gasteiger partial charge in [0.25, 0.3) is 5.91 Å². The van der Waals surface area contributed by atoms with E-state index in [1.165, 1.54) is 12.1 Å². The van der Waals surface area contributed by atoms with Crippen molar-refractivity contribution in [2.24, 2.45) is 0 Å². The monoisotopic (exact) mass is 469 g/mol. The number of halogens is 2. The number of amides is 1. The number of benzene rings is 2. The van der Waals surface area contributed by atoms with Crippen LogP contribution in [0.25, 0.3) is 22.1 Å². The van der Waals surface area contributed by atoms with Crippen molar-refractivity contribution in [2.75, 3.05) is 13.1 Å². The lowest BCUT2D eigenvalue weighted by atomic mass is 10.0. The SMILES string of the molecule is Cc1nc2cc(Cl)c(CN3CCC(NC(=O)c4cc(=O)c5ccc(F)cc5o4)CC3)cc2o1. The normalized spacial score (nSPS) is 15.4. The van der Waals surface area contributed by atoms with Gasteiger partial charge in [0.2, 0.25) is 0 Å². The molecule has 0 radical (unpaired) electrons. The van der Waals surface area contributed by atoms with Crippen LogP contribution >= 0.6 is 11.6 Å². The summed E-state index contributed by atoms with van der Waals surface area (Å²) in [7, 11) is 0. The van der Waals surface area contributed by atoms with E-state index in [4.69, 9.17) is 20.4 Å². The van der Waals surface area contributed by atoms with Crippen molar-refractivity contribution < 1.29 is 18.0 Å². The second-order valence-corrected chi connectivity index (χ2v) is 8.69. The Balaban J connectivity index is 1.22. The maximum atomic E-state index is 13.5. The van der Waals surface area contributed by atoms with Gasteiger partial charge >= 0.3 is 0 Å². The van der Waals surface area contributed by atoms with Crippen LogP contribution < -0.4 is 10.7 Å². The van der Waals surface area contributed by atoms with Gasteiger partial charge in [0.05, 0.1) is 5.39 Å². The largest absolute Gasteiger partial charge is 0.451 e. The first-order chi connectivity index (χ1) is 15.9. The summed E-state index contributed by atoms with van der Waals surface area (Å²) in [4.78, 5) is 31.5. The lowest BCUT2D eigenvalue weighted by molar-refractivity contribution is 0.0881. The van der Waals surface area contributed by atoms with Gasteiger partial charge in [-0.05, 0) is 42.7 Å². The first-order valence-corrected chi connectivity index (χ1v) is 11.1. The molecule has 2 aromatic heterocycles. The maximum absolute atomic E-state index is 13.5. The van der Waals surface area contributed by atoms with Crippen LogP contribution in [0.5, 0.6) is 0 Å². The Bertz CT molecular complexity index is 1420. The summed E-state index contributed by atoms with van der Waals surface area (Å²) in [6.07, 6.45) is 1.47. The number of hydrogen-bond donors (Lipinski definition) is 1. The smallest absolute Gasteiger partial charge is 0.287 e. The Hall–Kier alpha value is -3.23. The minimum atomic E-state index is -0.534. The Morgan fingerprint density at radius 3 is 2.76 bits per heavy atom. The molecule has 2 aromatic carbocycles. The number of carbonyl (C=O) groups excluding carboxylic acids is 1. The van der Waals surface area contributed by atoms with Gasteiger partial charge in [-0.1, -0.05) is 11.6 Å². The average molecular weight is 470 g/mol. The first-order valence-electron chi connectivity index (χ1n) is 10.7. The number of carbonyl (C=O) groups is 1. The van der Waals surface area contributed by atoms with Gasteiger partial charge in [0, 0.05) is 49.8 Å². The third-order valence-corrected chi connectivity index (χ3v) is 6.25. The summed E-state index contributed by atoms with van der Waals surface area (Å²) in [5, 5.41) is 3.81. The standard InChI is InChI=1S/C24H21ClFN3O4/c1-13-27-19-10-18(25)14(8-22(19)32-13)12-29-6-4-16(5-7-29)28-24(31)23-11-20(30)17-3-2-15(26)9-21(17)33-23/h2-3,8-11,16H,4-7,12H2,1H3,(H,28,31). The molecule has 0 saturated carbocycles. The summed E-state index contributed by atoms with van der Waals surface area (Å²) in [6, 6.07) is 8.47. The third-order valence-electron chi connectivity index (χ3n) is 5.90. The molecule has 1 N–H and O–H groups in total. The Morgan fingerprint density at radius 2 is 1.97 bits per heavy atom. The quantitative estimate of drug-likeness (QED) is 0.475. The van der Waals surface area contributed by atoms with E-state index in [-0.39, 0.29) is 28.2 Å². The van der Waals surface area contributed by atoms with E-state index < -0.39 is 11.7 Å². The number of rotatable bonds is 4. The summed E-state index contributed by atoms with van der Waals surface area (Å²) in [5.41, 5.74) is 2.09. The molecule has 0 unspecified atom stereocenters. The average Bonchev–Trinajstić information content (AvgIpc) is 3.13. The van der Waals surface area contributed by atoms with Gasteiger partial charge in [-0.2, -0.15) is 0 Å². The summed E-state index contributed by atoms with van der Waals surface area (Å²) < 4.78 is 24.6. The van der Waals surface area contributed by atoms with Gasteiger partial charge in [0.1, 0.15) is 16.9 Å². The number of likely N-dealkylation sites (tertiary alicyclic amines) is 1. The van der Waals surface area contributed by atoms with Crippen LogP contribution in [0.15, 0.2) is 50.0 Å². The van der Waals surface area contributed by atoms with Crippen molar-refractivity contribution in [3.63, 3.8) is 0 Å². The molecule has 1 aliphatic heterocycles. The highest BCUT2D eigenvalue weighted by Crippen LogP contribution is 2.26. The fourth-order valence-corrected chi connectivity index (χ4v) is 4.42. The number of hydrogen-bond acceptors (Lipinski definition) is 6. The van der Waals surface area contributed by atoms with Crippen LogP contribution in [-0.4, -0.2) is 34.9 Å². The third kappa shape index (κ3) is 4.49. The van der Waals surface area contributed by atoms with Crippen molar-refractivity contribution in [3.05, 3.63) is 74.7 Å².